The minimum absolute atomic E-state index is 0.216. The molecule has 0 aliphatic heterocycles. The van der Waals surface area contributed by atoms with E-state index in [0.717, 1.165) is 6.42 Å². The molecule has 2 rings (SSSR count). The van der Waals surface area contributed by atoms with Crippen LogP contribution in [0.4, 0.5) is 5.69 Å². The van der Waals surface area contributed by atoms with Gasteiger partial charge in [0.05, 0.1) is 12.8 Å². The maximum absolute atomic E-state index is 12.2. The molecular weight excluding hydrogens is 278 g/mol. The first-order valence-electron chi connectivity index (χ1n) is 7.33. The fourth-order valence-electron chi connectivity index (χ4n) is 2.08. The maximum atomic E-state index is 12.2. The molecule has 1 unspecified atom stereocenters. The third-order valence-corrected chi connectivity index (χ3v) is 3.35. The SMILES string of the molecule is CCc1cccc(OC(C)C(=O)Nc2ccccc2OC)c1. The summed E-state index contributed by atoms with van der Waals surface area (Å²) in [5.74, 6) is 1.10. The van der Waals surface area contributed by atoms with Crippen molar-refractivity contribution in [3.63, 3.8) is 0 Å². The smallest absolute Gasteiger partial charge is 0.265 e. The molecular formula is C18H21NO3. The van der Waals surface area contributed by atoms with Crippen molar-refractivity contribution in [1.82, 2.24) is 0 Å². The normalized spacial score (nSPS) is 11.6. The van der Waals surface area contributed by atoms with E-state index in [0.29, 0.717) is 17.2 Å². The molecule has 2 aromatic carbocycles. The van der Waals surface area contributed by atoms with E-state index in [-0.39, 0.29) is 5.91 Å². The van der Waals surface area contributed by atoms with Crippen molar-refractivity contribution in [2.45, 2.75) is 26.4 Å². The van der Waals surface area contributed by atoms with Crippen molar-refractivity contribution in [2.75, 3.05) is 12.4 Å². The van der Waals surface area contributed by atoms with Gasteiger partial charge >= 0.3 is 0 Å². The number of amides is 1. The van der Waals surface area contributed by atoms with E-state index in [2.05, 4.69) is 12.2 Å². The molecule has 1 amide bonds. The molecule has 0 fully saturated rings. The summed E-state index contributed by atoms with van der Waals surface area (Å²) in [6.45, 7) is 3.81. The number of aryl methyl sites for hydroxylation is 1. The highest BCUT2D eigenvalue weighted by atomic mass is 16.5. The van der Waals surface area contributed by atoms with Gasteiger partial charge in [-0.25, -0.2) is 0 Å². The average Bonchev–Trinajstić information content (AvgIpc) is 2.55. The minimum atomic E-state index is -0.600. The van der Waals surface area contributed by atoms with Crippen LogP contribution in [0.15, 0.2) is 48.5 Å². The van der Waals surface area contributed by atoms with Crippen LogP contribution in [0.3, 0.4) is 0 Å². The number of carbonyl (C=O) groups is 1. The van der Waals surface area contributed by atoms with Gasteiger partial charge in [0.15, 0.2) is 6.10 Å². The molecule has 0 radical (unpaired) electrons. The third-order valence-electron chi connectivity index (χ3n) is 3.35. The number of para-hydroxylation sites is 2. The lowest BCUT2D eigenvalue weighted by atomic mass is 10.2. The Morgan fingerprint density at radius 2 is 1.95 bits per heavy atom. The van der Waals surface area contributed by atoms with E-state index in [1.807, 2.05) is 36.4 Å². The van der Waals surface area contributed by atoms with Crippen LogP contribution in [-0.2, 0) is 11.2 Å². The van der Waals surface area contributed by atoms with Crippen molar-refractivity contribution in [3.8, 4) is 11.5 Å². The predicted octanol–water partition coefficient (Wildman–Crippen LogP) is 3.66. The largest absolute Gasteiger partial charge is 0.495 e. The Kier molecular flexibility index (Phi) is 5.42. The van der Waals surface area contributed by atoms with Crippen molar-refractivity contribution in [2.24, 2.45) is 0 Å². The fourth-order valence-corrected chi connectivity index (χ4v) is 2.08. The second kappa shape index (κ2) is 7.50. The lowest BCUT2D eigenvalue weighted by molar-refractivity contribution is -0.122. The number of ether oxygens (including phenoxy) is 2. The van der Waals surface area contributed by atoms with Crippen molar-refractivity contribution < 1.29 is 14.3 Å². The van der Waals surface area contributed by atoms with Crippen molar-refractivity contribution in [3.05, 3.63) is 54.1 Å². The van der Waals surface area contributed by atoms with Crippen LogP contribution in [-0.4, -0.2) is 19.1 Å². The summed E-state index contributed by atoms with van der Waals surface area (Å²) in [4.78, 5) is 12.2. The molecule has 0 aromatic heterocycles. The fraction of sp³-hybridized carbons (Fsp3) is 0.278. The Morgan fingerprint density at radius 1 is 1.18 bits per heavy atom. The molecule has 0 saturated carbocycles. The molecule has 4 heteroatoms. The van der Waals surface area contributed by atoms with E-state index in [9.17, 15) is 4.79 Å². The maximum Gasteiger partial charge on any atom is 0.265 e. The Bertz CT molecular complexity index is 640. The van der Waals surface area contributed by atoms with Gasteiger partial charge in [-0.05, 0) is 43.2 Å². The van der Waals surface area contributed by atoms with Gasteiger partial charge in [0, 0.05) is 0 Å². The monoisotopic (exact) mass is 299 g/mol. The van der Waals surface area contributed by atoms with Crippen molar-refractivity contribution >= 4 is 11.6 Å². The topological polar surface area (TPSA) is 47.6 Å². The Balaban J connectivity index is 2.02. The zero-order valence-electron chi connectivity index (χ0n) is 13.1. The molecule has 1 N–H and O–H groups in total. The second-order valence-electron chi connectivity index (χ2n) is 4.95. The summed E-state index contributed by atoms with van der Waals surface area (Å²) in [7, 11) is 1.57. The second-order valence-corrected chi connectivity index (χ2v) is 4.95. The average molecular weight is 299 g/mol. The van der Waals surface area contributed by atoms with Crippen LogP contribution in [0.2, 0.25) is 0 Å². The highest BCUT2D eigenvalue weighted by molar-refractivity contribution is 5.95. The number of rotatable bonds is 6. The Labute approximate surface area is 131 Å². The number of hydrogen-bond donors (Lipinski definition) is 1. The van der Waals surface area contributed by atoms with Crippen LogP contribution in [0.5, 0.6) is 11.5 Å². The number of anilines is 1. The minimum Gasteiger partial charge on any atom is -0.495 e. The molecule has 0 heterocycles. The zero-order chi connectivity index (χ0) is 15.9. The molecule has 0 bridgehead atoms. The van der Waals surface area contributed by atoms with E-state index >= 15 is 0 Å². The van der Waals surface area contributed by atoms with Crippen LogP contribution in [0.1, 0.15) is 19.4 Å². The van der Waals surface area contributed by atoms with Gasteiger partial charge in [-0.1, -0.05) is 31.2 Å². The standard InChI is InChI=1S/C18H21NO3/c1-4-14-8-7-9-15(12-14)22-13(2)18(20)19-16-10-5-6-11-17(16)21-3/h5-13H,4H2,1-3H3,(H,19,20). The van der Waals surface area contributed by atoms with Crippen LogP contribution < -0.4 is 14.8 Å². The molecule has 0 aliphatic rings. The first kappa shape index (κ1) is 15.9. The lowest BCUT2D eigenvalue weighted by Gasteiger charge is -2.16. The molecule has 0 spiro atoms. The first-order chi connectivity index (χ1) is 10.6. The van der Waals surface area contributed by atoms with Gasteiger partial charge in [0.2, 0.25) is 0 Å². The zero-order valence-corrected chi connectivity index (χ0v) is 13.1. The number of benzene rings is 2. The van der Waals surface area contributed by atoms with Gasteiger partial charge in [-0.3, -0.25) is 4.79 Å². The molecule has 4 nitrogen and oxygen atoms in total. The van der Waals surface area contributed by atoms with Gasteiger partial charge in [-0.2, -0.15) is 0 Å². The van der Waals surface area contributed by atoms with Crippen LogP contribution >= 0.6 is 0 Å². The molecule has 2 aromatic rings. The van der Waals surface area contributed by atoms with Crippen LogP contribution in [0.25, 0.3) is 0 Å². The number of carbonyl (C=O) groups excluding carboxylic acids is 1. The summed E-state index contributed by atoms with van der Waals surface area (Å²) in [5.41, 5.74) is 1.81. The molecule has 116 valence electrons. The van der Waals surface area contributed by atoms with E-state index < -0.39 is 6.10 Å². The van der Waals surface area contributed by atoms with E-state index in [4.69, 9.17) is 9.47 Å². The van der Waals surface area contributed by atoms with Crippen LogP contribution in [0, 0.1) is 0 Å². The Morgan fingerprint density at radius 3 is 2.68 bits per heavy atom. The summed E-state index contributed by atoms with van der Waals surface area (Å²) >= 11 is 0. The molecule has 0 saturated heterocycles. The number of methoxy groups -OCH3 is 1. The summed E-state index contributed by atoms with van der Waals surface area (Å²) in [6, 6.07) is 15.1. The van der Waals surface area contributed by atoms with Gasteiger partial charge in [0.1, 0.15) is 11.5 Å². The molecule has 1 atom stereocenters. The highest BCUT2D eigenvalue weighted by Crippen LogP contribution is 2.23. The first-order valence-corrected chi connectivity index (χ1v) is 7.33. The molecule has 22 heavy (non-hydrogen) atoms. The lowest BCUT2D eigenvalue weighted by Crippen LogP contribution is -2.30. The summed E-state index contributed by atoms with van der Waals surface area (Å²) in [6.07, 6.45) is 0.330. The summed E-state index contributed by atoms with van der Waals surface area (Å²) in [5, 5.41) is 2.82. The van der Waals surface area contributed by atoms with E-state index in [1.54, 1.807) is 26.2 Å². The summed E-state index contributed by atoms with van der Waals surface area (Å²) < 4.78 is 10.9. The third kappa shape index (κ3) is 4.01. The number of hydrogen-bond acceptors (Lipinski definition) is 3. The predicted molar refractivity (Wildman–Crippen MR) is 87.5 cm³/mol. The van der Waals surface area contributed by atoms with Gasteiger partial charge < -0.3 is 14.8 Å². The Hall–Kier alpha value is -2.49. The van der Waals surface area contributed by atoms with Gasteiger partial charge in [-0.15, -0.1) is 0 Å². The number of nitrogens with one attached hydrogen (secondary N) is 1. The quantitative estimate of drug-likeness (QED) is 0.885. The van der Waals surface area contributed by atoms with Crippen molar-refractivity contribution in [1.29, 1.82) is 0 Å². The highest BCUT2D eigenvalue weighted by Gasteiger charge is 2.16. The van der Waals surface area contributed by atoms with E-state index in [1.165, 1.54) is 5.56 Å². The van der Waals surface area contributed by atoms with Gasteiger partial charge in [0.25, 0.3) is 5.91 Å². The molecule has 0 aliphatic carbocycles.